The van der Waals surface area contributed by atoms with Crippen molar-refractivity contribution in [3.63, 3.8) is 0 Å². The molecule has 0 atom stereocenters. The number of hydrogen-bond donors (Lipinski definition) is 0. The SMILES string of the molecule is CC1(C)c2cc3c(cc2-c2ccc(N(c4ccccc4)c4ccccc4)c4cccc1c24)Oc1cccc2c1B3c1ccccc1O2. The molecular weight excluding hydrogens is 573 g/mol. The van der Waals surface area contributed by atoms with Crippen molar-refractivity contribution in [2.24, 2.45) is 0 Å². The van der Waals surface area contributed by atoms with Gasteiger partial charge in [0.25, 0.3) is 6.71 Å². The Morgan fingerprint density at radius 3 is 1.89 bits per heavy atom. The number of benzene rings is 7. The number of fused-ring (bicyclic) bond motifs is 6. The van der Waals surface area contributed by atoms with E-state index in [2.05, 4.69) is 152 Å². The van der Waals surface area contributed by atoms with Crippen LogP contribution in [0.4, 0.5) is 17.1 Å². The molecule has 7 aromatic carbocycles. The lowest BCUT2D eigenvalue weighted by Gasteiger charge is -2.39. The molecule has 3 nitrogen and oxygen atoms in total. The normalized spacial score (nSPS) is 14.2. The van der Waals surface area contributed by atoms with Gasteiger partial charge in [0, 0.05) is 27.6 Å². The summed E-state index contributed by atoms with van der Waals surface area (Å²) in [5.74, 6) is 3.57. The van der Waals surface area contributed by atoms with Crippen LogP contribution >= 0.6 is 0 Å². The van der Waals surface area contributed by atoms with Crippen molar-refractivity contribution < 1.29 is 9.47 Å². The van der Waals surface area contributed by atoms with Crippen LogP contribution in [0.5, 0.6) is 23.0 Å². The Morgan fingerprint density at radius 1 is 0.511 bits per heavy atom. The van der Waals surface area contributed by atoms with Crippen LogP contribution in [0.25, 0.3) is 21.9 Å². The average Bonchev–Trinajstić information content (AvgIpc) is 3.11. The van der Waals surface area contributed by atoms with E-state index in [1.165, 1.54) is 44.0 Å². The van der Waals surface area contributed by atoms with Gasteiger partial charge in [0.1, 0.15) is 23.0 Å². The van der Waals surface area contributed by atoms with Crippen LogP contribution in [-0.2, 0) is 5.41 Å². The summed E-state index contributed by atoms with van der Waals surface area (Å²) in [5, 5.41) is 2.53. The van der Waals surface area contributed by atoms with Gasteiger partial charge in [-0.25, -0.2) is 0 Å². The van der Waals surface area contributed by atoms with Gasteiger partial charge in [-0.3, -0.25) is 0 Å². The molecule has 2 heterocycles. The molecule has 1 aliphatic carbocycles. The summed E-state index contributed by atoms with van der Waals surface area (Å²) in [6, 6.07) is 52.1. The largest absolute Gasteiger partial charge is 0.458 e. The van der Waals surface area contributed by atoms with Gasteiger partial charge >= 0.3 is 0 Å². The zero-order valence-electron chi connectivity index (χ0n) is 26.2. The number of ether oxygens (including phenoxy) is 2. The summed E-state index contributed by atoms with van der Waals surface area (Å²) in [7, 11) is 0. The minimum absolute atomic E-state index is 0.0425. The molecule has 0 spiro atoms. The third kappa shape index (κ3) is 3.70. The maximum Gasteiger partial charge on any atom is 0.260 e. The van der Waals surface area contributed by atoms with Gasteiger partial charge in [0.2, 0.25) is 0 Å². The summed E-state index contributed by atoms with van der Waals surface area (Å²) in [5.41, 5.74) is 11.8. The molecule has 0 unspecified atom stereocenters. The molecule has 0 bridgehead atoms. The van der Waals surface area contributed by atoms with Crippen molar-refractivity contribution in [2.75, 3.05) is 4.90 Å². The first kappa shape index (κ1) is 26.5. The van der Waals surface area contributed by atoms with E-state index in [1.807, 2.05) is 12.1 Å². The Bertz CT molecular complexity index is 2360. The van der Waals surface area contributed by atoms with Crippen LogP contribution in [0.2, 0.25) is 0 Å². The molecule has 0 radical (unpaired) electrons. The molecule has 0 N–H and O–H groups in total. The highest BCUT2D eigenvalue weighted by Crippen LogP contribution is 2.52. The highest BCUT2D eigenvalue weighted by atomic mass is 16.5. The van der Waals surface area contributed by atoms with Crippen LogP contribution in [0, 0.1) is 0 Å². The maximum absolute atomic E-state index is 6.75. The zero-order valence-corrected chi connectivity index (χ0v) is 26.2. The van der Waals surface area contributed by atoms with Crippen molar-refractivity contribution in [3.05, 3.63) is 157 Å². The lowest BCUT2D eigenvalue weighted by atomic mass is 9.34. The Kier molecular flexibility index (Phi) is 5.43. The van der Waals surface area contributed by atoms with Crippen LogP contribution in [0.1, 0.15) is 25.0 Å². The minimum atomic E-state index is -0.246. The quantitative estimate of drug-likeness (QED) is 0.188. The Morgan fingerprint density at radius 2 is 1.15 bits per heavy atom. The average molecular weight is 604 g/mol. The third-order valence-corrected chi connectivity index (χ3v) is 10.4. The molecular formula is C43H30BNO2. The Hall–Kier alpha value is -5.74. The Labute approximate surface area is 274 Å². The minimum Gasteiger partial charge on any atom is -0.458 e. The van der Waals surface area contributed by atoms with E-state index in [9.17, 15) is 0 Å². The smallest absolute Gasteiger partial charge is 0.260 e. The van der Waals surface area contributed by atoms with E-state index in [-0.39, 0.29) is 12.1 Å². The van der Waals surface area contributed by atoms with Crippen LogP contribution in [0.15, 0.2) is 146 Å². The standard InChI is InChI=1S/C43H30BNO2/c1-43(2)32-18-11-17-30-36(45(27-13-5-3-6-14-27)28-15-7-4-8-16-28)24-23-29(41(30)32)31-25-40-35(26-33(31)43)44-34-19-9-10-20-37(34)46-38-21-12-22-39(47-40)42(38)44/h3-26H,1-2H3. The first-order chi connectivity index (χ1) is 23.1. The second-order valence-electron chi connectivity index (χ2n) is 13.3. The third-order valence-electron chi connectivity index (χ3n) is 10.4. The number of para-hydroxylation sites is 3. The van der Waals surface area contributed by atoms with E-state index in [4.69, 9.17) is 9.47 Å². The fourth-order valence-corrected chi connectivity index (χ4v) is 8.22. The van der Waals surface area contributed by atoms with E-state index >= 15 is 0 Å². The summed E-state index contributed by atoms with van der Waals surface area (Å²) >= 11 is 0. The molecule has 0 amide bonds. The second-order valence-corrected chi connectivity index (χ2v) is 13.3. The first-order valence-corrected chi connectivity index (χ1v) is 16.3. The Balaban J connectivity index is 1.22. The number of anilines is 3. The molecule has 0 aromatic heterocycles. The highest BCUT2D eigenvalue weighted by Gasteiger charge is 2.43. The van der Waals surface area contributed by atoms with Crippen LogP contribution in [-0.4, -0.2) is 6.71 Å². The van der Waals surface area contributed by atoms with Gasteiger partial charge in [-0.2, -0.15) is 0 Å². The molecule has 222 valence electrons. The van der Waals surface area contributed by atoms with Crippen molar-refractivity contribution in [2.45, 2.75) is 19.3 Å². The molecule has 2 aliphatic heterocycles. The fraction of sp³-hybridized carbons (Fsp3) is 0.0698. The number of rotatable bonds is 3. The predicted octanol–water partition coefficient (Wildman–Crippen LogP) is 9.34. The monoisotopic (exact) mass is 603 g/mol. The van der Waals surface area contributed by atoms with E-state index in [0.717, 1.165) is 45.5 Å². The fourth-order valence-electron chi connectivity index (χ4n) is 8.22. The van der Waals surface area contributed by atoms with Gasteiger partial charge in [-0.1, -0.05) is 105 Å². The van der Waals surface area contributed by atoms with Crippen molar-refractivity contribution in [1.29, 1.82) is 0 Å². The molecule has 0 fully saturated rings. The summed E-state index contributed by atoms with van der Waals surface area (Å²) in [6.07, 6.45) is 0. The molecule has 0 saturated carbocycles. The van der Waals surface area contributed by atoms with Crippen molar-refractivity contribution in [3.8, 4) is 34.1 Å². The number of hydrogen-bond acceptors (Lipinski definition) is 3. The van der Waals surface area contributed by atoms with Crippen LogP contribution in [0.3, 0.4) is 0 Å². The summed E-state index contributed by atoms with van der Waals surface area (Å²) in [6.45, 7) is 4.78. The van der Waals surface area contributed by atoms with E-state index in [1.54, 1.807) is 0 Å². The molecule has 0 saturated heterocycles. The maximum atomic E-state index is 6.75. The first-order valence-electron chi connectivity index (χ1n) is 16.3. The lowest BCUT2D eigenvalue weighted by Crippen LogP contribution is -2.57. The van der Waals surface area contributed by atoms with Gasteiger partial charge in [-0.15, -0.1) is 0 Å². The van der Waals surface area contributed by atoms with Gasteiger partial charge in [-0.05, 0) is 93.2 Å². The lowest BCUT2D eigenvalue weighted by molar-refractivity contribution is 0.464. The summed E-state index contributed by atoms with van der Waals surface area (Å²) < 4.78 is 13.1. The molecule has 3 aliphatic rings. The molecule has 10 rings (SSSR count). The molecule has 7 aromatic rings. The van der Waals surface area contributed by atoms with Crippen LogP contribution < -0.4 is 30.8 Å². The topological polar surface area (TPSA) is 21.7 Å². The number of nitrogens with zero attached hydrogens (tertiary/aromatic N) is 1. The van der Waals surface area contributed by atoms with Crippen molar-refractivity contribution >= 4 is 50.9 Å². The summed E-state index contributed by atoms with van der Waals surface area (Å²) in [4.78, 5) is 2.37. The zero-order chi connectivity index (χ0) is 31.3. The van der Waals surface area contributed by atoms with E-state index in [0.29, 0.717) is 0 Å². The van der Waals surface area contributed by atoms with Gasteiger partial charge < -0.3 is 14.4 Å². The second kappa shape index (κ2) is 9.64. The predicted molar refractivity (Wildman–Crippen MR) is 194 cm³/mol. The van der Waals surface area contributed by atoms with Gasteiger partial charge in [0.05, 0.1) is 5.69 Å². The van der Waals surface area contributed by atoms with E-state index < -0.39 is 0 Å². The van der Waals surface area contributed by atoms with Crippen molar-refractivity contribution in [1.82, 2.24) is 0 Å². The highest BCUT2D eigenvalue weighted by molar-refractivity contribution is 6.98. The molecule has 4 heteroatoms. The molecule has 47 heavy (non-hydrogen) atoms. The van der Waals surface area contributed by atoms with Gasteiger partial charge in [0.15, 0.2) is 0 Å².